The number of halogens is 3. The molecular weight excluding hydrogens is 395 g/mol. The van der Waals surface area contributed by atoms with Crippen molar-refractivity contribution in [3.05, 3.63) is 48.4 Å². The van der Waals surface area contributed by atoms with E-state index in [9.17, 15) is 18.0 Å². The van der Waals surface area contributed by atoms with Gasteiger partial charge in [-0.2, -0.15) is 13.2 Å². The van der Waals surface area contributed by atoms with Crippen LogP contribution in [-0.4, -0.2) is 33.4 Å². The SMILES string of the molecule is O=C1NCC[C@H](Nc2ncc(-c3ccc(C(F)(F)F)cc3)c3nccnc23)C12CC2. The molecule has 9 heteroatoms. The van der Waals surface area contributed by atoms with Crippen molar-refractivity contribution in [2.45, 2.75) is 31.5 Å². The Hall–Kier alpha value is -3.23. The topological polar surface area (TPSA) is 79.8 Å². The zero-order valence-electron chi connectivity index (χ0n) is 15.8. The summed E-state index contributed by atoms with van der Waals surface area (Å²) in [4.78, 5) is 25.6. The van der Waals surface area contributed by atoms with E-state index in [-0.39, 0.29) is 17.4 Å². The maximum absolute atomic E-state index is 12.9. The van der Waals surface area contributed by atoms with Crippen molar-refractivity contribution < 1.29 is 18.0 Å². The summed E-state index contributed by atoms with van der Waals surface area (Å²) in [5.41, 5.74) is 1.14. The van der Waals surface area contributed by atoms with Gasteiger partial charge in [-0.1, -0.05) is 12.1 Å². The highest BCUT2D eigenvalue weighted by atomic mass is 19.4. The number of alkyl halides is 3. The van der Waals surface area contributed by atoms with E-state index in [4.69, 9.17) is 0 Å². The van der Waals surface area contributed by atoms with Crippen molar-refractivity contribution in [2.24, 2.45) is 5.41 Å². The third kappa shape index (κ3) is 3.05. The van der Waals surface area contributed by atoms with Crippen molar-refractivity contribution in [1.29, 1.82) is 0 Å². The minimum atomic E-state index is -4.39. The number of piperidine rings is 1. The lowest BCUT2D eigenvalue weighted by atomic mass is 9.89. The van der Waals surface area contributed by atoms with Gasteiger partial charge >= 0.3 is 6.18 Å². The first kappa shape index (κ1) is 18.8. The molecule has 1 aromatic carbocycles. The Balaban J connectivity index is 1.52. The molecule has 2 N–H and O–H groups in total. The minimum absolute atomic E-state index is 0.0409. The van der Waals surface area contributed by atoms with Crippen LogP contribution in [0.4, 0.5) is 19.0 Å². The molecular formula is C21H18F3N5O. The fourth-order valence-corrected chi connectivity index (χ4v) is 4.14. The van der Waals surface area contributed by atoms with E-state index in [0.717, 1.165) is 31.4 Å². The minimum Gasteiger partial charge on any atom is -0.364 e. The number of fused-ring (bicyclic) bond motifs is 1. The average molecular weight is 413 g/mol. The van der Waals surface area contributed by atoms with Gasteiger partial charge in [0.2, 0.25) is 5.91 Å². The predicted molar refractivity (Wildman–Crippen MR) is 104 cm³/mol. The van der Waals surface area contributed by atoms with Crippen molar-refractivity contribution in [3.8, 4) is 11.1 Å². The number of rotatable bonds is 3. The molecule has 30 heavy (non-hydrogen) atoms. The van der Waals surface area contributed by atoms with Gasteiger partial charge in [0.25, 0.3) is 0 Å². The third-order valence-corrected chi connectivity index (χ3v) is 5.96. The molecule has 1 saturated carbocycles. The predicted octanol–water partition coefficient (Wildman–Crippen LogP) is 3.79. The highest BCUT2D eigenvalue weighted by Gasteiger charge is 2.57. The average Bonchev–Trinajstić information content (AvgIpc) is 3.53. The lowest BCUT2D eigenvalue weighted by molar-refractivity contribution is -0.137. The molecule has 0 unspecified atom stereocenters. The van der Waals surface area contributed by atoms with Crippen LogP contribution < -0.4 is 10.6 Å². The molecule has 0 bridgehead atoms. The Bertz CT molecular complexity index is 1130. The van der Waals surface area contributed by atoms with Gasteiger partial charge in [-0.3, -0.25) is 9.78 Å². The first-order valence-electron chi connectivity index (χ1n) is 9.71. The second-order valence-electron chi connectivity index (χ2n) is 7.75. The zero-order chi connectivity index (χ0) is 20.9. The monoisotopic (exact) mass is 413 g/mol. The number of nitrogens with one attached hydrogen (secondary N) is 2. The van der Waals surface area contributed by atoms with E-state index >= 15 is 0 Å². The van der Waals surface area contributed by atoms with Gasteiger partial charge in [0.1, 0.15) is 11.0 Å². The molecule has 0 radical (unpaired) electrons. The number of nitrogens with zero attached hydrogens (tertiary/aromatic N) is 3. The summed E-state index contributed by atoms with van der Waals surface area (Å²) in [5, 5.41) is 6.32. The summed E-state index contributed by atoms with van der Waals surface area (Å²) >= 11 is 0. The molecule has 154 valence electrons. The molecule has 1 amide bonds. The number of hydrogen-bond donors (Lipinski definition) is 2. The van der Waals surface area contributed by atoms with E-state index in [2.05, 4.69) is 25.6 Å². The number of anilines is 1. The summed E-state index contributed by atoms with van der Waals surface area (Å²) in [6.07, 6.45) is 2.74. The fraction of sp³-hybridized carbons (Fsp3) is 0.333. The lowest BCUT2D eigenvalue weighted by Crippen LogP contribution is -2.49. The van der Waals surface area contributed by atoms with Gasteiger partial charge in [-0.15, -0.1) is 0 Å². The molecule has 2 fully saturated rings. The largest absolute Gasteiger partial charge is 0.416 e. The van der Waals surface area contributed by atoms with Crippen LogP contribution >= 0.6 is 0 Å². The summed E-state index contributed by atoms with van der Waals surface area (Å²) < 4.78 is 38.6. The number of carbonyl (C=O) groups is 1. The van der Waals surface area contributed by atoms with Gasteiger partial charge in [-0.25, -0.2) is 9.97 Å². The molecule has 1 atom stereocenters. The van der Waals surface area contributed by atoms with Crippen molar-refractivity contribution in [2.75, 3.05) is 11.9 Å². The van der Waals surface area contributed by atoms with Gasteiger partial charge in [0.05, 0.1) is 11.0 Å². The molecule has 3 heterocycles. The van der Waals surface area contributed by atoms with Gasteiger partial charge in [0.15, 0.2) is 5.82 Å². The molecule has 6 nitrogen and oxygen atoms in total. The highest BCUT2D eigenvalue weighted by molar-refractivity contribution is 5.97. The summed E-state index contributed by atoms with van der Waals surface area (Å²) in [6, 6.07) is 4.86. The van der Waals surface area contributed by atoms with Crippen LogP contribution in [-0.2, 0) is 11.0 Å². The van der Waals surface area contributed by atoms with Crippen molar-refractivity contribution in [1.82, 2.24) is 20.3 Å². The molecule has 1 saturated heterocycles. The molecule has 2 aliphatic rings. The summed E-state index contributed by atoms with van der Waals surface area (Å²) in [5.74, 6) is 0.600. The van der Waals surface area contributed by atoms with Crippen LogP contribution in [0.2, 0.25) is 0 Å². The Morgan fingerprint density at radius 2 is 1.73 bits per heavy atom. The van der Waals surface area contributed by atoms with Crippen molar-refractivity contribution >= 4 is 22.8 Å². The molecule has 5 rings (SSSR count). The number of carbonyl (C=O) groups excluding carboxylic acids is 1. The molecule has 2 aromatic heterocycles. The van der Waals surface area contributed by atoms with Gasteiger partial charge < -0.3 is 10.6 Å². The van der Waals surface area contributed by atoms with Gasteiger partial charge in [0, 0.05) is 36.7 Å². The Labute approximate surface area is 169 Å². The second kappa shape index (κ2) is 6.65. The summed E-state index contributed by atoms with van der Waals surface area (Å²) in [6.45, 7) is 0.603. The first-order valence-corrected chi connectivity index (χ1v) is 9.71. The van der Waals surface area contributed by atoms with E-state index < -0.39 is 11.7 Å². The first-order chi connectivity index (χ1) is 14.4. The lowest BCUT2D eigenvalue weighted by Gasteiger charge is -2.32. The van der Waals surface area contributed by atoms with E-state index in [0.29, 0.717) is 34.5 Å². The maximum atomic E-state index is 12.9. The number of hydrogen-bond acceptors (Lipinski definition) is 5. The Kier molecular flexibility index (Phi) is 4.16. The van der Waals surface area contributed by atoms with E-state index in [1.165, 1.54) is 18.3 Å². The smallest absolute Gasteiger partial charge is 0.364 e. The molecule has 1 aliphatic heterocycles. The van der Waals surface area contributed by atoms with Crippen LogP contribution in [0.3, 0.4) is 0 Å². The fourth-order valence-electron chi connectivity index (χ4n) is 4.14. The van der Waals surface area contributed by atoms with Crippen LogP contribution in [0.25, 0.3) is 22.2 Å². The number of benzene rings is 1. The second-order valence-corrected chi connectivity index (χ2v) is 7.75. The molecule has 1 aliphatic carbocycles. The Morgan fingerprint density at radius 3 is 2.40 bits per heavy atom. The zero-order valence-corrected chi connectivity index (χ0v) is 15.8. The number of amides is 1. The van der Waals surface area contributed by atoms with Crippen LogP contribution in [0.1, 0.15) is 24.8 Å². The van der Waals surface area contributed by atoms with Gasteiger partial charge in [-0.05, 0) is 37.0 Å². The van der Waals surface area contributed by atoms with Crippen LogP contribution in [0.5, 0.6) is 0 Å². The Morgan fingerprint density at radius 1 is 1.03 bits per heavy atom. The normalized spacial score (nSPS) is 20.2. The highest BCUT2D eigenvalue weighted by Crippen LogP contribution is 2.52. The molecule has 1 spiro atoms. The van der Waals surface area contributed by atoms with E-state index in [1.54, 1.807) is 12.4 Å². The third-order valence-electron chi connectivity index (χ3n) is 5.96. The number of pyridine rings is 1. The molecule has 3 aromatic rings. The van der Waals surface area contributed by atoms with Crippen molar-refractivity contribution in [3.63, 3.8) is 0 Å². The van der Waals surface area contributed by atoms with Crippen LogP contribution in [0, 0.1) is 5.41 Å². The summed E-state index contributed by atoms with van der Waals surface area (Å²) in [7, 11) is 0. The number of aromatic nitrogens is 3. The standard InChI is InChI=1S/C21H18F3N5O/c22-21(23,24)13-3-1-12(2-4-13)14-11-28-18(17-16(14)25-9-10-26-17)29-15-5-8-27-19(30)20(15)6-7-20/h1-4,9-11,15H,5-8H2,(H,27,30)(H,28,29)/t15-/m0/s1. The maximum Gasteiger partial charge on any atom is 0.416 e. The van der Waals surface area contributed by atoms with Crippen LogP contribution in [0.15, 0.2) is 42.9 Å². The quantitative estimate of drug-likeness (QED) is 0.683. The van der Waals surface area contributed by atoms with E-state index in [1.807, 2.05) is 0 Å².